The molecule has 9 heteroatoms. The van der Waals surface area contributed by atoms with E-state index in [2.05, 4.69) is 5.32 Å². The average Bonchev–Trinajstić information content (AvgIpc) is 3.11. The van der Waals surface area contributed by atoms with E-state index in [0.29, 0.717) is 28.5 Å². The van der Waals surface area contributed by atoms with Crippen LogP contribution in [0, 0.1) is 0 Å². The van der Waals surface area contributed by atoms with Crippen molar-refractivity contribution in [3.05, 3.63) is 65.1 Å². The maximum Gasteiger partial charge on any atom is 0.294 e. The molecule has 0 radical (unpaired) electrons. The molecular formula is C25H22N2O6S. The number of anilines is 1. The number of methoxy groups -OCH3 is 3. The van der Waals surface area contributed by atoms with Gasteiger partial charge in [0.15, 0.2) is 0 Å². The van der Waals surface area contributed by atoms with Crippen LogP contribution in [-0.4, -0.2) is 49.8 Å². The number of hydrogen-bond donors (Lipinski definition) is 1. The second kappa shape index (κ2) is 9.88. The molecule has 1 aliphatic rings. The minimum Gasteiger partial charge on any atom is -0.497 e. The Labute approximate surface area is 200 Å². The SMILES string of the molecule is COc1ccc(NC(=O)CN2C(=O)S/C(=C/c3c(OC)ccc4ccc(OC)cc34)C2=O)cc1. The molecule has 174 valence electrons. The number of ether oxygens (including phenoxy) is 3. The summed E-state index contributed by atoms with van der Waals surface area (Å²) < 4.78 is 15.9. The van der Waals surface area contributed by atoms with Gasteiger partial charge in [-0.15, -0.1) is 0 Å². The van der Waals surface area contributed by atoms with Gasteiger partial charge in [-0.2, -0.15) is 0 Å². The number of imide groups is 1. The molecular weight excluding hydrogens is 456 g/mol. The molecule has 0 bridgehead atoms. The van der Waals surface area contributed by atoms with Gasteiger partial charge in [0, 0.05) is 11.3 Å². The highest BCUT2D eigenvalue weighted by Crippen LogP contribution is 2.37. The summed E-state index contributed by atoms with van der Waals surface area (Å²) in [4.78, 5) is 39.2. The lowest BCUT2D eigenvalue weighted by Crippen LogP contribution is -2.36. The molecule has 0 aromatic heterocycles. The predicted molar refractivity (Wildman–Crippen MR) is 131 cm³/mol. The lowest BCUT2D eigenvalue weighted by molar-refractivity contribution is -0.127. The van der Waals surface area contributed by atoms with Crippen LogP contribution in [0.2, 0.25) is 0 Å². The molecule has 3 amide bonds. The summed E-state index contributed by atoms with van der Waals surface area (Å²) in [5, 5.41) is 3.89. The summed E-state index contributed by atoms with van der Waals surface area (Å²) in [5.74, 6) is 0.821. The van der Waals surface area contributed by atoms with Crippen LogP contribution in [0.15, 0.2) is 59.5 Å². The summed E-state index contributed by atoms with van der Waals surface area (Å²) >= 11 is 0.783. The number of fused-ring (bicyclic) bond motifs is 1. The summed E-state index contributed by atoms with van der Waals surface area (Å²) in [6, 6.07) is 16.0. The Hall–Kier alpha value is -3.98. The fourth-order valence-corrected chi connectivity index (χ4v) is 4.36. The monoisotopic (exact) mass is 478 g/mol. The summed E-state index contributed by atoms with van der Waals surface area (Å²) in [6.07, 6.45) is 1.62. The zero-order valence-electron chi connectivity index (χ0n) is 18.8. The van der Waals surface area contributed by atoms with Crippen molar-refractivity contribution < 1.29 is 28.6 Å². The van der Waals surface area contributed by atoms with E-state index in [1.165, 1.54) is 7.11 Å². The second-order valence-electron chi connectivity index (χ2n) is 7.31. The fourth-order valence-electron chi connectivity index (χ4n) is 3.54. The summed E-state index contributed by atoms with van der Waals surface area (Å²) in [7, 11) is 4.66. The van der Waals surface area contributed by atoms with Crippen LogP contribution in [0.4, 0.5) is 10.5 Å². The van der Waals surface area contributed by atoms with Crippen LogP contribution in [0.25, 0.3) is 16.8 Å². The van der Waals surface area contributed by atoms with Crippen LogP contribution >= 0.6 is 11.8 Å². The van der Waals surface area contributed by atoms with Crippen LogP contribution in [0.1, 0.15) is 5.56 Å². The molecule has 0 spiro atoms. The van der Waals surface area contributed by atoms with Gasteiger partial charge in [-0.05, 0) is 71.1 Å². The Morgan fingerprint density at radius 2 is 1.62 bits per heavy atom. The summed E-state index contributed by atoms with van der Waals surface area (Å²) in [6.45, 7) is -0.394. The second-order valence-corrected chi connectivity index (χ2v) is 8.31. The van der Waals surface area contributed by atoms with Crippen molar-refractivity contribution >= 4 is 51.4 Å². The van der Waals surface area contributed by atoms with Gasteiger partial charge in [0.2, 0.25) is 5.91 Å². The zero-order chi connectivity index (χ0) is 24.2. The molecule has 1 N–H and O–H groups in total. The van der Waals surface area contributed by atoms with E-state index >= 15 is 0 Å². The molecule has 8 nitrogen and oxygen atoms in total. The van der Waals surface area contributed by atoms with Gasteiger partial charge >= 0.3 is 0 Å². The quantitative estimate of drug-likeness (QED) is 0.498. The molecule has 34 heavy (non-hydrogen) atoms. The molecule has 4 rings (SSSR count). The number of nitrogens with zero attached hydrogens (tertiary/aromatic N) is 1. The highest BCUT2D eigenvalue weighted by atomic mass is 32.2. The summed E-state index contributed by atoms with van der Waals surface area (Å²) in [5.41, 5.74) is 1.18. The molecule has 0 unspecified atom stereocenters. The third kappa shape index (κ3) is 4.69. The molecule has 3 aromatic carbocycles. The number of benzene rings is 3. The van der Waals surface area contributed by atoms with E-state index in [1.54, 1.807) is 50.6 Å². The van der Waals surface area contributed by atoms with Crippen LogP contribution in [-0.2, 0) is 9.59 Å². The molecule has 1 saturated heterocycles. The normalized spacial score (nSPS) is 14.6. The Bertz CT molecular complexity index is 1300. The standard InChI is InChI=1S/C25H22N2O6S/c1-31-17-9-6-16(7-10-17)26-23(28)14-27-24(29)22(34-25(27)30)13-20-19-12-18(32-2)8-4-15(19)5-11-21(20)33-3/h4-13H,14H2,1-3H3,(H,26,28)/b22-13+. The predicted octanol–water partition coefficient (Wildman–Crippen LogP) is 4.54. The van der Waals surface area contributed by atoms with Crippen molar-refractivity contribution in [2.24, 2.45) is 0 Å². The van der Waals surface area contributed by atoms with Gasteiger partial charge in [0.05, 0.1) is 26.2 Å². The molecule has 3 aromatic rings. The topological polar surface area (TPSA) is 94.2 Å². The smallest absolute Gasteiger partial charge is 0.294 e. The highest BCUT2D eigenvalue weighted by Gasteiger charge is 2.36. The van der Waals surface area contributed by atoms with Gasteiger partial charge in [0.25, 0.3) is 11.1 Å². The maximum absolute atomic E-state index is 13.0. The third-order valence-corrected chi connectivity index (χ3v) is 6.18. The number of carbonyl (C=O) groups excluding carboxylic acids is 3. The zero-order valence-corrected chi connectivity index (χ0v) is 19.6. The van der Waals surface area contributed by atoms with Crippen LogP contribution < -0.4 is 19.5 Å². The van der Waals surface area contributed by atoms with E-state index in [1.807, 2.05) is 24.3 Å². The largest absolute Gasteiger partial charge is 0.497 e. The van der Waals surface area contributed by atoms with Gasteiger partial charge in [-0.1, -0.05) is 12.1 Å². The Kier molecular flexibility index (Phi) is 6.74. The van der Waals surface area contributed by atoms with E-state index in [9.17, 15) is 14.4 Å². The first-order chi connectivity index (χ1) is 16.4. The maximum atomic E-state index is 13.0. The highest BCUT2D eigenvalue weighted by molar-refractivity contribution is 8.18. The van der Waals surface area contributed by atoms with Crippen molar-refractivity contribution in [3.63, 3.8) is 0 Å². The van der Waals surface area contributed by atoms with Crippen molar-refractivity contribution in [1.82, 2.24) is 4.90 Å². The van der Waals surface area contributed by atoms with E-state index in [-0.39, 0.29) is 4.91 Å². The lowest BCUT2D eigenvalue weighted by Gasteiger charge is -2.13. The molecule has 1 aliphatic heterocycles. The third-order valence-electron chi connectivity index (χ3n) is 5.27. The lowest BCUT2D eigenvalue weighted by atomic mass is 10.0. The van der Waals surface area contributed by atoms with Crippen molar-refractivity contribution in [1.29, 1.82) is 0 Å². The molecule has 1 fully saturated rings. The molecule has 0 atom stereocenters. The number of rotatable bonds is 7. The van der Waals surface area contributed by atoms with E-state index < -0.39 is 23.6 Å². The van der Waals surface area contributed by atoms with E-state index in [0.717, 1.165) is 27.4 Å². The Morgan fingerprint density at radius 1 is 0.941 bits per heavy atom. The van der Waals surface area contributed by atoms with Gasteiger partial charge < -0.3 is 19.5 Å². The first kappa shape index (κ1) is 23.2. The van der Waals surface area contributed by atoms with Gasteiger partial charge in [-0.25, -0.2) is 0 Å². The Balaban J connectivity index is 1.58. The van der Waals surface area contributed by atoms with Gasteiger partial charge in [0.1, 0.15) is 23.8 Å². The number of thioether (sulfide) groups is 1. The Morgan fingerprint density at radius 3 is 2.29 bits per heavy atom. The number of nitrogens with one attached hydrogen (secondary N) is 1. The number of hydrogen-bond acceptors (Lipinski definition) is 7. The van der Waals surface area contributed by atoms with Crippen LogP contribution in [0.3, 0.4) is 0 Å². The number of amides is 3. The van der Waals surface area contributed by atoms with Crippen molar-refractivity contribution in [3.8, 4) is 17.2 Å². The minimum atomic E-state index is -0.540. The minimum absolute atomic E-state index is 0.205. The molecule has 0 aliphatic carbocycles. The first-order valence-electron chi connectivity index (χ1n) is 10.3. The average molecular weight is 479 g/mol. The molecule has 1 heterocycles. The van der Waals surface area contributed by atoms with E-state index in [4.69, 9.17) is 14.2 Å². The van der Waals surface area contributed by atoms with Gasteiger partial charge in [-0.3, -0.25) is 19.3 Å². The van der Waals surface area contributed by atoms with Crippen molar-refractivity contribution in [2.75, 3.05) is 33.2 Å². The fraction of sp³-hybridized carbons (Fsp3) is 0.160. The van der Waals surface area contributed by atoms with Crippen LogP contribution in [0.5, 0.6) is 17.2 Å². The number of carbonyl (C=O) groups is 3. The molecule has 0 saturated carbocycles. The van der Waals surface area contributed by atoms with Crippen molar-refractivity contribution in [2.45, 2.75) is 0 Å². The first-order valence-corrected chi connectivity index (χ1v) is 11.1.